The Bertz CT molecular complexity index is 1510. The minimum atomic E-state index is -1.51. The lowest BCUT2D eigenvalue weighted by Crippen LogP contribution is -2.50. The Balaban J connectivity index is 1.37. The molecule has 2 unspecified atom stereocenters. The molecule has 2 bridgehead atoms. The second-order valence-electron chi connectivity index (χ2n) is 9.29. The van der Waals surface area contributed by atoms with Gasteiger partial charge in [-0.1, -0.05) is 12.1 Å². The first kappa shape index (κ1) is 23.3. The van der Waals surface area contributed by atoms with Crippen molar-refractivity contribution in [2.45, 2.75) is 37.8 Å². The summed E-state index contributed by atoms with van der Waals surface area (Å²) in [5.74, 6) is -3.66. The van der Waals surface area contributed by atoms with E-state index < -0.39 is 17.5 Å². The van der Waals surface area contributed by atoms with E-state index in [0.717, 1.165) is 30.5 Å². The van der Waals surface area contributed by atoms with E-state index in [1.54, 1.807) is 29.8 Å². The van der Waals surface area contributed by atoms with Crippen LogP contribution < -0.4 is 4.74 Å². The van der Waals surface area contributed by atoms with Crippen LogP contribution in [0.2, 0.25) is 0 Å². The number of methoxy groups -OCH3 is 1. The number of hydrogen-bond acceptors (Lipinski definition) is 5. The van der Waals surface area contributed by atoms with Gasteiger partial charge in [-0.3, -0.25) is 9.48 Å². The molecule has 190 valence electrons. The highest BCUT2D eigenvalue weighted by Crippen LogP contribution is 2.45. The van der Waals surface area contributed by atoms with Gasteiger partial charge in [0.15, 0.2) is 17.5 Å². The Kier molecular flexibility index (Phi) is 5.50. The molecule has 4 heterocycles. The van der Waals surface area contributed by atoms with Crippen LogP contribution in [0.4, 0.5) is 13.2 Å². The first-order valence-corrected chi connectivity index (χ1v) is 12.0. The van der Waals surface area contributed by atoms with Crippen LogP contribution in [0, 0.1) is 17.5 Å². The lowest BCUT2D eigenvalue weighted by Gasteiger charge is -2.44. The maximum Gasteiger partial charge on any atom is 0.294 e. The van der Waals surface area contributed by atoms with Crippen molar-refractivity contribution in [3.63, 3.8) is 0 Å². The number of carbonyl (C=O) groups excluding carboxylic acids is 1. The second kappa shape index (κ2) is 8.75. The van der Waals surface area contributed by atoms with Crippen molar-refractivity contribution in [1.29, 1.82) is 0 Å². The maximum absolute atomic E-state index is 14.0. The molecule has 11 heteroatoms. The molecule has 37 heavy (non-hydrogen) atoms. The number of para-hydroxylation sites is 2. The number of rotatable bonds is 4. The van der Waals surface area contributed by atoms with Gasteiger partial charge < -0.3 is 9.64 Å². The fraction of sp³-hybridized carbons (Fsp3) is 0.308. The molecule has 2 aromatic heterocycles. The molecular weight excluding hydrogens is 485 g/mol. The number of hydrogen-bond donors (Lipinski definition) is 0. The molecule has 0 N–H and O–H groups in total. The van der Waals surface area contributed by atoms with Crippen molar-refractivity contribution in [3.05, 3.63) is 77.3 Å². The van der Waals surface area contributed by atoms with Crippen molar-refractivity contribution >= 4 is 5.91 Å². The second-order valence-corrected chi connectivity index (χ2v) is 9.29. The molecule has 6 rings (SSSR count). The SMILES string of the molecule is COc1ccccc1-n1cnc(C(=O)N2C3CCCC2c2nn(C)c(-c4cc(F)c(F)c(F)c4)c2C3)n1. The molecule has 2 aromatic carbocycles. The number of aromatic nitrogens is 5. The molecule has 8 nitrogen and oxygen atoms in total. The van der Waals surface area contributed by atoms with Crippen LogP contribution in [0.25, 0.3) is 16.9 Å². The molecule has 1 fully saturated rings. The zero-order chi connectivity index (χ0) is 25.8. The Morgan fingerprint density at radius 2 is 1.84 bits per heavy atom. The van der Waals surface area contributed by atoms with Gasteiger partial charge in [0.1, 0.15) is 17.8 Å². The summed E-state index contributed by atoms with van der Waals surface area (Å²) in [6, 6.07) is 8.78. The van der Waals surface area contributed by atoms with Gasteiger partial charge in [-0.15, -0.1) is 5.10 Å². The summed E-state index contributed by atoms with van der Waals surface area (Å²) in [6.07, 6.45) is 4.29. The quantitative estimate of drug-likeness (QED) is 0.382. The van der Waals surface area contributed by atoms with Crippen molar-refractivity contribution < 1.29 is 22.7 Å². The Hall–Kier alpha value is -4.15. The summed E-state index contributed by atoms with van der Waals surface area (Å²) in [5.41, 5.74) is 2.89. The molecule has 0 radical (unpaired) electrons. The van der Waals surface area contributed by atoms with Gasteiger partial charge in [-0.05, 0) is 49.9 Å². The molecule has 2 atom stereocenters. The van der Waals surface area contributed by atoms with E-state index in [1.807, 2.05) is 18.2 Å². The van der Waals surface area contributed by atoms with Crippen LogP contribution in [-0.2, 0) is 13.5 Å². The number of fused-ring (bicyclic) bond motifs is 4. The van der Waals surface area contributed by atoms with E-state index in [9.17, 15) is 18.0 Å². The van der Waals surface area contributed by atoms with Gasteiger partial charge in [0.25, 0.3) is 5.91 Å². The highest BCUT2D eigenvalue weighted by atomic mass is 19.2. The molecule has 2 aliphatic heterocycles. The molecule has 4 aromatic rings. The largest absolute Gasteiger partial charge is 0.494 e. The van der Waals surface area contributed by atoms with Gasteiger partial charge in [-0.2, -0.15) is 5.10 Å². The smallest absolute Gasteiger partial charge is 0.294 e. The number of amides is 1. The number of benzene rings is 2. The van der Waals surface area contributed by atoms with Crippen LogP contribution >= 0.6 is 0 Å². The van der Waals surface area contributed by atoms with Gasteiger partial charge in [0.05, 0.1) is 24.5 Å². The van der Waals surface area contributed by atoms with Gasteiger partial charge in [0.2, 0.25) is 5.82 Å². The zero-order valence-corrected chi connectivity index (χ0v) is 20.2. The van der Waals surface area contributed by atoms with E-state index >= 15 is 0 Å². The Morgan fingerprint density at radius 3 is 2.59 bits per heavy atom. The predicted octanol–water partition coefficient (Wildman–Crippen LogP) is 4.39. The highest BCUT2D eigenvalue weighted by molar-refractivity contribution is 5.91. The first-order chi connectivity index (χ1) is 17.9. The third-order valence-electron chi connectivity index (χ3n) is 7.18. The minimum absolute atomic E-state index is 0.0603. The van der Waals surface area contributed by atoms with E-state index in [0.29, 0.717) is 35.7 Å². The minimum Gasteiger partial charge on any atom is -0.494 e. The number of carbonyl (C=O) groups is 1. The Morgan fingerprint density at radius 1 is 1.08 bits per heavy atom. The summed E-state index contributed by atoms with van der Waals surface area (Å²) < 4.78 is 50.1. The molecule has 2 aliphatic rings. The van der Waals surface area contributed by atoms with Gasteiger partial charge in [-0.25, -0.2) is 22.8 Å². The third kappa shape index (κ3) is 3.68. The van der Waals surface area contributed by atoms with Crippen LogP contribution in [0.3, 0.4) is 0 Å². The monoisotopic (exact) mass is 508 g/mol. The number of aryl methyl sites for hydroxylation is 1. The average molecular weight is 509 g/mol. The van der Waals surface area contributed by atoms with E-state index in [4.69, 9.17) is 4.74 Å². The standard InChI is InChI=1S/C26H23F3N6O2/c1-33-24(14-10-17(27)22(29)18(28)11-14)16-12-15-6-5-8-20(23(16)31-33)35(15)26(36)25-30-13-34(32-25)19-7-3-4-9-21(19)37-2/h3-4,7,9-11,13,15,20H,5-6,8,12H2,1-2H3. The molecule has 0 spiro atoms. The van der Waals surface area contributed by atoms with Gasteiger partial charge in [0, 0.05) is 24.2 Å². The summed E-state index contributed by atoms with van der Waals surface area (Å²) in [5, 5.41) is 9.09. The van der Waals surface area contributed by atoms with E-state index in [-0.39, 0.29) is 29.4 Å². The molecule has 0 saturated carbocycles. The van der Waals surface area contributed by atoms with Crippen LogP contribution in [0.5, 0.6) is 5.75 Å². The number of halogens is 3. The highest BCUT2D eigenvalue weighted by Gasteiger charge is 2.44. The first-order valence-electron chi connectivity index (χ1n) is 12.0. The van der Waals surface area contributed by atoms with Crippen molar-refractivity contribution in [1.82, 2.24) is 29.4 Å². The third-order valence-corrected chi connectivity index (χ3v) is 7.18. The lowest BCUT2D eigenvalue weighted by atomic mass is 9.81. The fourth-order valence-electron chi connectivity index (χ4n) is 5.61. The van der Waals surface area contributed by atoms with Crippen LogP contribution in [-0.4, -0.2) is 48.5 Å². The number of nitrogens with zero attached hydrogens (tertiary/aromatic N) is 6. The predicted molar refractivity (Wildman–Crippen MR) is 127 cm³/mol. The normalized spacial score (nSPS) is 18.6. The molecule has 0 aliphatic carbocycles. The van der Waals surface area contributed by atoms with Crippen molar-refractivity contribution in [2.24, 2.45) is 7.05 Å². The maximum atomic E-state index is 14.0. The lowest BCUT2D eigenvalue weighted by molar-refractivity contribution is 0.0379. The van der Waals surface area contributed by atoms with Crippen LogP contribution in [0.1, 0.15) is 47.2 Å². The fourth-order valence-corrected chi connectivity index (χ4v) is 5.61. The molecule has 1 saturated heterocycles. The molecule has 1 amide bonds. The number of ether oxygens (including phenoxy) is 1. The summed E-state index contributed by atoms with van der Waals surface area (Å²) in [4.78, 5) is 19.8. The Labute approximate surface area is 210 Å². The van der Waals surface area contributed by atoms with Crippen molar-refractivity contribution in [3.8, 4) is 22.7 Å². The number of piperidine rings is 1. The van der Waals surface area contributed by atoms with Gasteiger partial charge >= 0.3 is 0 Å². The zero-order valence-electron chi connectivity index (χ0n) is 20.2. The van der Waals surface area contributed by atoms with E-state index in [1.165, 1.54) is 11.0 Å². The topological polar surface area (TPSA) is 78.1 Å². The van der Waals surface area contributed by atoms with Crippen molar-refractivity contribution in [2.75, 3.05) is 7.11 Å². The average Bonchev–Trinajstić information content (AvgIpc) is 3.51. The van der Waals surface area contributed by atoms with E-state index in [2.05, 4.69) is 15.2 Å². The summed E-state index contributed by atoms with van der Waals surface area (Å²) in [7, 11) is 3.24. The summed E-state index contributed by atoms with van der Waals surface area (Å²) in [6.45, 7) is 0. The molecular formula is C26H23F3N6O2. The van der Waals surface area contributed by atoms with Crippen LogP contribution in [0.15, 0.2) is 42.7 Å². The summed E-state index contributed by atoms with van der Waals surface area (Å²) >= 11 is 0.